The zero-order valence-corrected chi connectivity index (χ0v) is 32.5. The van der Waals surface area contributed by atoms with Crippen molar-refractivity contribution in [1.82, 2.24) is 0 Å². The Labute approximate surface area is 316 Å². The number of rotatable bonds is 8. The highest BCUT2D eigenvalue weighted by Crippen LogP contribution is 2.34. The van der Waals surface area contributed by atoms with Crippen LogP contribution in [0.15, 0.2) is 146 Å². The van der Waals surface area contributed by atoms with E-state index in [0.717, 1.165) is 35.5 Å². The van der Waals surface area contributed by atoms with Crippen LogP contribution in [-0.2, 0) is 18.3 Å². The van der Waals surface area contributed by atoms with Gasteiger partial charge in [-0.25, -0.2) is 0 Å². The van der Waals surface area contributed by atoms with Gasteiger partial charge in [0.05, 0.1) is 14.2 Å². The molecule has 270 valence electrons. The van der Waals surface area contributed by atoms with Crippen molar-refractivity contribution >= 4 is 27.3 Å². The van der Waals surface area contributed by atoms with Crippen molar-refractivity contribution in [2.45, 2.75) is 59.8 Å². The largest absolute Gasteiger partial charge is 0.497 e. The average molecular weight is 701 g/mol. The van der Waals surface area contributed by atoms with E-state index in [4.69, 9.17) is 9.47 Å². The van der Waals surface area contributed by atoms with Crippen molar-refractivity contribution in [3.05, 3.63) is 190 Å². The molecule has 0 bridgehead atoms. The Bertz CT molecular complexity index is 2030. The molecule has 0 amide bonds. The van der Waals surface area contributed by atoms with E-state index in [1.165, 1.54) is 54.9 Å². The molecule has 0 radical (unpaired) electrons. The van der Waals surface area contributed by atoms with E-state index in [0.29, 0.717) is 0 Å². The lowest BCUT2D eigenvalue weighted by molar-refractivity contribution is 0.103. The molecule has 0 saturated carbocycles. The monoisotopic (exact) mass is 700 g/mol. The minimum absolute atomic E-state index is 0.0431. The van der Waals surface area contributed by atoms with Crippen molar-refractivity contribution < 1.29 is 14.3 Å². The summed E-state index contributed by atoms with van der Waals surface area (Å²) in [4.78, 5) is 12.1. The first-order valence-electron chi connectivity index (χ1n) is 18.5. The number of benzene rings is 7. The number of methoxy groups -OCH3 is 2. The molecule has 0 heterocycles. The van der Waals surface area contributed by atoms with Gasteiger partial charge in [0.2, 0.25) is 0 Å². The topological polar surface area (TPSA) is 35.5 Å². The molecule has 0 saturated heterocycles. The third-order valence-electron chi connectivity index (χ3n) is 10.1. The number of ketones is 1. The third-order valence-corrected chi connectivity index (χ3v) is 10.1. The first-order valence-corrected chi connectivity index (χ1v) is 18.5. The summed E-state index contributed by atoms with van der Waals surface area (Å²) in [6.07, 6.45) is 2.18. The smallest absolute Gasteiger partial charge is 0.193 e. The van der Waals surface area contributed by atoms with Crippen molar-refractivity contribution in [1.29, 1.82) is 0 Å². The van der Waals surface area contributed by atoms with Crippen molar-refractivity contribution in [2.75, 3.05) is 14.2 Å². The maximum atomic E-state index is 12.1. The van der Waals surface area contributed by atoms with E-state index in [1.54, 1.807) is 14.2 Å². The van der Waals surface area contributed by atoms with Crippen LogP contribution in [0.4, 0.5) is 0 Å². The summed E-state index contributed by atoms with van der Waals surface area (Å²) in [5.41, 5.74) is 9.27. The van der Waals surface area contributed by atoms with E-state index >= 15 is 0 Å². The Morgan fingerprint density at radius 2 is 0.774 bits per heavy atom. The van der Waals surface area contributed by atoms with E-state index in [2.05, 4.69) is 100 Å². The Hall–Kier alpha value is -5.67. The number of carbonyl (C=O) groups is 1. The van der Waals surface area contributed by atoms with E-state index in [9.17, 15) is 4.79 Å². The molecule has 0 atom stereocenters. The van der Waals surface area contributed by atoms with Crippen LogP contribution >= 0.6 is 0 Å². The zero-order valence-electron chi connectivity index (χ0n) is 32.5. The van der Waals surface area contributed by atoms with Gasteiger partial charge < -0.3 is 9.47 Å². The number of ether oxygens (including phenoxy) is 2. The van der Waals surface area contributed by atoms with E-state index in [-0.39, 0.29) is 11.2 Å². The lowest BCUT2D eigenvalue weighted by atomic mass is 9.78. The molecule has 7 rings (SSSR count). The lowest BCUT2D eigenvalue weighted by Gasteiger charge is -2.26. The van der Waals surface area contributed by atoms with E-state index < -0.39 is 0 Å². The second-order valence-corrected chi connectivity index (χ2v) is 13.9. The highest BCUT2D eigenvalue weighted by atomic mass is 16.5. The molecule has 7 aromatic carbocycles. The second-order valence-electron chi connectivity index (χ2n) is 13.9. The Morgan fingerprint density at radius 3 is 1.04 bits per heavy atom. The molecule has 0 aliphatic heterocycles. The lowest BCUT2D eigenvalue weighted by Crippen LogP contribution is -2.18. The van der Waals surface area contributed by atoms with Gasteiger partial charge in [-0.3, -0.25) is 4.79 Å². The maximum Gasteiger partial charge on any atom is 0.193 e. The molecule has 7 aromatic rings. The zero-order chi connectivity index (χ0) is 38.0. The Balaban J connectivity index is 0.000000154. The minimum atomic E-state index is -0.0431. The number of fused-ring (bicyclic) bond motifs is 2. The van der Waals surface area contributed by atoms with Crippen molar-refractivity contribution in [3.63, 3.8) is 0 Å². The summed E-state index contributed by atoms with van der Waals surface area (Å²) in [6, 6.07) is 49.4. The number of aryl methyl sites for hydroxylation is 4. The van der Waals surface area contributed by atoms with Crippen molar-refractivity contribution in [3.8, 4) is 11.5 Å². The van der Waals surface area contributed by atoms with Crippen LogP contribution in [0.1, 0.15) is 77.0 Å². The van der Waals surface area contributed by atoms with Crippen LogP contribution < -0.4 is 9.47 Å². The molecule has 3 nitrogen and oxygen atoms in total. The standard InChI is InChI=1S/C18H18.C17H20O2.C15H14O/c1-3-13-15-9-5-7-11-17(15)14(4-2)18-12-8-6-10-16(13)18;1-17(2,13-5-9-15(18-3)10-6-13)14-7-11-16(19-4)12-8-14;1-11-3-7-13(8-4-11)15(16)14-9-5-12(2)6-10-14/h5-12H,3-4H2,1-2H3;5-12H,1-4H3;3-10H,1-2H3. The Kier molecular flexibility index (Phi) is 12.9. The van der Waals surface area contributed by atoms with Gasteiger partial charge in [-0.2, -0.15) is 0 Å². The number of hydrogen-bond acceptors (Lipinski definition) is 3. The van der Waals surface area contributed by atoms with Gasteiger partial charge in [0, 0.05) is 16.5 Å². The van der Waals surface area contributed by atoms with Gasteiger partial charge in [-0.15, -0.1) is 0 Å². The van der Waals surface area contributed by atoms with Gasteiger partial charge in [-0.1, -0.05) is 160 Å². The highest BCUT2D eigenvalue weighted by Gasteiger charge is 2.23. The molecule has 53 heavy (non-hydrogen) atoms. The molecule has 0 aliphatic carbocycles. The maximum absolute atomic E-state index is 12.1. The fourth-order valence-electron chi connectivity index (χ4n) is 6.83. The predicted octanol–water partition coefficient (Wildman–Crippen LogP) is 12.7. The molecular formula is C50H52O3. The molecule has 3 heteroatoms. The van der Waals surface area contributed by atoms with Crippen LogP contribution in [0.3, 0.4) is 0 Å². The summed E-state index contributed by atoms with van der Waals surface area (Å²) in [6.45, 7) is 13.0. The van der Waals surface area contributed by atoms with Gasteiger partial charge in [-0.05, 0) is 94.8 Å². The third kappa shape index (κ3) is 9.04. The van der Waals surface area contributed by atoms with Crippen LogP contribution in [0, 0.1) is 13.8 Å². The van der Waals surface area contributed by atoms with Crippen LogP contribution in [0.2, 0.25) is 0 Å². The fourth-order valence-corrected chi connectivity index (χ4v) is 6.83. The fraction of sp³-hybridized carbons (Fsp3) is 0.220. The summed E-state index contributed by atoms with van der Waals surface area (Å²) in [5.74, 6) is 1.85. The molecule has 0 N–H and O–H groups in total. The first-order chi connectivity index (χ1) is 25.6. The van der Waals surface area contributed by atoms with Gasteiger partial charge >= 0.3 is 0 Å². The predicted molar refractivity (Wildman–Crippen MR) is 224 cm³/mol. The quantitative estimate of drug-likeness (QED) is 0.117. The molecule has 0 aliphatic rings. The highest BCUT2D eigenvalue weighted by molar-refractivity contribution is 6.09. The van der Waals surface area contributed by atoms with Gasteiger partial charge in [0.1, 0.15) is 11.5 Å². The van der Waals surface area contributed by atoms with Crippen LogP contribution in [-0.4, -0.2) is 20.0 Å². The first kappa shape index (κ1) is 38.6. The summed E-state index contributed by atoms with van der Waals surface area (Å²) >= 11 is 0. The summed E-state index contributed by atoms with van der Waals surface area (Å²) < 4.78 is 10.4. The molecular weight excluding hydrogens is 649 g/mol. The number of hydrogen-bond donors (Lipinski definition) is 0. The van der Waals surface area contributed by atoms with Crippen LogP contribution in [0.5, 0.6) is 11.5 Å². The minimum Gasteiger partial charge on any atom is -0.497 e. The number of carbonyl (C=O) groups excluding carboxylic acids is 1. The SMILES string of the molecule is CCc1c2ccccc2c(CC)c2ccccc12.COc1ccc(C(C)(C)c2ccc(OC)cc2)cc1.Cc1ccc(C(=O)c2ccc(C)cc2)cc1. The van der Waals surface area contributed by atoms with Gasteiger partial charge in [0.15, 0.2) is 5.78 Å². The van der Waals surface area contributed by atoms with Crippen molar-refractivity contribution in [2.24, 2.45) is 0 Å². The Morgan fingerprint density at radius 1 is 0.472 bits per heavy atom. The average Bonchev–Trinajstić information content (AvgIpc) is 3.20. The molecule has 0 unspecified atom stereocenters. The van der Waals surface area contributed by atoms with Crippen LogP contribution in [0.25, 0.3) is 21.5 Å². The molecule has 0 spiro atoms. The molecule has 0 aromatic heterocycles. The van der Waals surface area contributed by atoms with Gasteiger partial charge in [0.25, 0.3) is 0 Å². The summed E-state index contributed by atoms with van der Waals surface area (Å²) in [5, 5.41) is 5.71. The normalized spacial score (nSPS) is 10.9. The molecule has 0 fully saturated rings. The summed E-state index contributed by atoms with van der Waals surface area (Å²) in [7, 11) is 3.37. The second kappa shape index (κ2) is 17.7. The van der Waals surface area contributed by atoms with E-state index in [1.807, 2.05) is 86.6 Å².